The highest BCUT2D eigenvalue weighted by Crippen LogP contribution is 2.28. The van der Waals surface area contributed by atoms with Gasteiger partial charge in [0, 0.05) is 11.4 Å². The van der Waals surface area contributed by atoms with Crippen LogP contribution in [0.5, 0.6) is 0 Å². The smallest absolute Gasteiger partial charge is 0.175 e. The van der Waals surface area contributed by atoms with E-state index in [-0.39, 0.29) is 0 Å². The van der Waals surface area contributed by atoms with Crippen molar-refractivity contribution >= 4 is 51.9 Å². The Morgan fingerprint density at radius 3 is 2.59 bits per heavy atom. The third-order valence-electron chi connectivity index (χ3n) is 3.82. The SMILES string of the molecule is S=C(Nc1ccc(Cl)c(Cl)c1)Nc1cccc2c1CCCC2. The van der Waals surface area contributed by atoms with E-state index < -0.39 is 0 Å². The molecule has 2 nitrogen and oxygen atoms in total. The molecule has 0 saturated carbocycles. The molecular weight excluding hydrogens is 335 g/mol. The van der Waals surface area contributed by atoms with E-state index >= 15 is 0 Å². The van der Waals surface area contributed by atoms with Crippen molar-refractivity contribution < 1.29 is 0 Å². The highest BCUT2D eigenvalue weighted by Gasteiger charge is 2.13. The maximum absolute atomic E-state index is 6.02. The van der Waals surface area contributed by atoms with Crippen LogP contribution in [0.3, 0.4) is 0 Å². The van der Waals surface area contributed by atoms with E-state index in [9.17, 15) is 0 Å². The van der Waals surface area contributed by atoms with Gasteiger partial charge in [-0.05, 0) is 73.3 Å². The highest BCUT2D eigenvalue weighted by atomic mass is 35.5. The Morgan fingerprint density at radius 2 is 1.77 bits per heavy atom. The fourth-order valence-electron chi connectivity index (χ4n) is 2.76. The Labute approximate surface area is 145 Å². The minimum Gasteiger partial charge on any atom is -0.332 e. The van der Waals surface area contributed by atoms with Crippen molar-refractivity contribution in [3.63, 3.8) is 0 Å². The summed E-state index contributed by atoms with van der Waals surface area (Å²) in [4.78, 5) is 0. The van der Waals surface area contributed by atoms with Gasteiger partial charge in [-0.2, -0.15) is 0 Å². The van der Waals surface area contributed by atoms with E-state index in [1.165, 1.54) is 24.0 Å². The second-order valence-electron chi connectivity index (χ2n) is 5.36. The Bertz CT molecular complexity index is 716. The number of hydrogen-bond donors (Lipinski definition) is 2. The van der Waals surface area contributed by atoms with Crippen LogP contribution in [0.25, 0.3) is 0 Å². The van der Waals surface area contributed by atoms with Gasteiger partial charge < -0.3 is 10.6 Å². The molecule has 0 atom stereocenters. The molecule has 114 valence electrons. The second-order valence-corrected chi connectivity index (χ2v) is 6.58. The first kappa shape index (κ1) is 15.6. The predicted molar refractivity (Wildman–Crippen MR) is 99.4 cm³/mol. The molecule has 0 aromatic heterocycles. The summed E-state index contributed by atoms with van der Waals surface area (Å²) in [5.41, 5.74) is 4.71. The standard InChI is InChI=1S/C17H16Cl2N2S/c18-14-9-8-12(10-15(14)19)20-17(22)21-16-7-3-5-11-4-1-2-6-13(11)16/h3,5,7-10H,1-2,4,6H2,(H2,20,21,22). The first-order valence-corrected chi connectivity index (χ1v) is 8.44. The van der Waals surface area contributed by atoms with Crippen LogP contribution < -0.4 is 10.6 Å². The van der Waals surface area contributed by atoms with Gasteiger partial charge in [-0.25, -0.2) is 0 Å². The van der Waals surface area contributed by atoms with Crippen molar-refractivity contribution in [1.82, 2.24) is 0 Å². The Morgan fingerprint density at radius 1 is 0.955 bits per heavy atom. The lowest BCUT2D eigenvalue weighted by atomic mass is 9.90. The van der Waals surface area contributed by atoms with Crippen molar-refractivity contribution in [3.8, 4) is 0 Å². The lowest BCUT2D eigenvalue weighted by molar-refractivity contribution is 0.687. The van der Waals surface area contributed by atoms with Crippen LogP contribution in [0.4, 0.5) is 11.4 Å². The van der Waals surface area contributed by atoms with Crippen molar-refractivity contribution in [2.45, 2.75) is 25.7 Å². The van der Waals surface area contributed by atoms with Crippen LogP contribution in [0.2, 0.25) is 10.0 Å². The molecule has 0 heterocycles. The zero-order valence-corrected chi connectivity index (χ0v) is 14.3. The maximum Gasteiger partial charge on any atom is 0.175 e. The number of rotatable bonds is 2. The maximum atomic E-state index is 6.02. The number of thiocarbonyl (C=S) groups is 1. The monoisotopic (exact) mass is 350 g/mol. The summed E-state index contributed by atoms with van der Waals surface area (Å²) in [7, 11) is 0. The van der Waals surface area contributed by atoms with Crippen molar-refractivity contribution in [2.24, 2.45) is 0 Å². The van der Waals surface area contributed by atoms with E-state index in [0.717, 1.165) is 24.2 Å². The van der Waals surface area contributed by atoms with Gasteiger partial charge in [0.05, 0.1) is 10.0 Å². The molecule has 0 aliphatic heterocycles. The molecule has 2 aromatic rings. The Balaban J connectivity index is 1.73. The molecule has 0 fully saturated rings. The molecule has 0 radical (unpaired) electrons. The lowest BCUT2D eigenvalue weighted by Crippen LogP contribution is -2.20. The van der Waals surface area contributed by atoms with E-state index in [1.54, 1.807) is 12.1 Å². The van der Waals surface area contributed by atoms with Crippen molar-refractivity contribution in [3.05, 3.63) is 57.6 Å². The van der Waals surface area contributed by atoms with E-state index in [2.05, 4.69) is 28.8 Å². The molecule has 22 heavy (non-hydrogen) atoms. The largest absolute Gasteiger partial charge is 0.332 e. The van der Waals surface area contributed by atoms with Crippen LogP contribution in [0.15, 0.2) is 36.4 Å². The summed E-state index contributed by atoms with van der Waals surface area (Å²) >= 11 is 17.3. The number of hydrogen-bond acceptors (Lipinski definition) is 1. The third kappa shape index (κ3) is 3.54. The molecular formula is C17H16Cl2N2S. The van der Waals surface area contributed by atoms with Gasteiger partial charge >= 0.3 is 0 Å². The van der Waals surface area contributed by atoms with Gasteiger partial charge in [0.15, 0.2) is 5.11 Å². The van der Waals surface area contributed by atoms with E-state index in [4.69, 9.17) is 35.4 Å². The number of benzene rings is 2. The van der Waals surface area contributed by atoms with Gasteiger partial charge in [-0.1, -0.05) is 35.3 Å². The zero-order chi connectivity index (χ0) is 15.5. The number of anilines is 2. The van der Waals surface area contributed by atoms with E-state index in [1.807, 2.05) is 6.07 Å². The normalized spacial score (nSPS) is 13.4. The molecule has 0 saturated heterocycles. The summed E-state index contributed by atoms with van der Waals surface area (Å²) in [6, 6.07) is 11.7. The molecule has 1 aliphatic rings. The molecule has 0 amide bonds. The molecule has 2 aromatic carbocycles. The summed E-state index contributed by atoms with van der Waals surface area (Å²) in [6.07, 6.45) is 4.76. The summed E-state index contributed by atoms with van der Waals surface area (Å²) < 4.78 is 0. The van der Waals surface area contributed by atoms with Crippen molar-refractivity contribution in [2.75, 3.05) is 10.6 Å². The molecule has 3 rings (SSSR count). The number of nitrogens with one attached hydrogen (secondary N) is 2. The van der Waals surface area contributed by atoms with Crippen LogP contribution in [0, 0.1) is 0 Å². The van der Waals surface area contributed by atoms with Gasteiger partial charge in [-0.15, -0.1) is 0 Å². The lowest BCUT2D eigenvalue weighted by Gasteiger charge is -2.20. The minimum atomic E-state index is 0.506. The Hall–Kier alpha value is -1.29. The van der Waals surface area contributed by atoms with Gasteiger partial charge in [0.1, 0.15) is 0 Å². The fourth-order valence-corrected chi connectivity index (χ4v) is 3.28. The number of halogens is 2. The van der Waals surface area contributed by atoms with Gasteiger partial charge in [0.2, 0.25) is 0 Å². The fraction of sp³-hybridized carbons (Fsp3) is 0.235. The zero-order valence-electron chi connectivity index (χ0n) is 12.0. The Kier molecular flexibility index (Phi) is 4.87. The van der Waals surface area contributed by atoms with Crippen molar-refractivity contribution in [1.29, 1.82) is 0 Å². The predicted octanol–water partition coefficient (Wildman–Crippen LogP) is 5.68. The van der Waals surface area contributed by atoms with Crippen LogP contribution >= 0.6 is 35.4 Å². The number of aryl methyl sites for hydroxylation is 1. The molecule has 0 unspecified atom stereocenters. The summed E-state index contributed by atoms with van der Waals surface area (Å²) in [6.45, 7) is 0. The van der Waals surface area contributed by atoms with Crippen LogP contribution in [-0.4, -0.2) is 5.11 Å². The van der Waals surface area contributed by atoms with Crippen LogP contribution in [-0.2, 0) is 12.8 Å². The summed E-state index contributed by atoms with van der Waals surface area (Å²) in [5, 5.41) is 8.03. The molecule has 1 aliphatic carbocycles. The average Bonchev–Trinajstić information content (AvgIpc) is 2.51. The van der Waals surface area contributed by atoms with E-state index in [0.29, 0.717) is 15.2 Å². The van der Waals surface area contributed by atoms with Crippen LogP contribution in [0.1, 0.15) is 24.0 Å². The topological polar surface area (TPSA) is 24.1 Å². The summed E-state index contributed by atoms with van der Waals surface area (Å²) in [5.74, 6) is 0. The number of fused-ring (bicyclic) bond motifs is 1. The first-order valence-electron chi connectivity index (χ1n) is 7.27. The minimum absolute atomic E-state index is 0.506. The first-order chi connectivity index (χ1) is 10.6. The molecule has 5 heteroatoms. The quantitative estimate of drug-likeness (QED) is 0.681. The van der Waals surface area contributed by atoms with Gasteiger partial charge in [0.25, 0.3) is 0 Å². The molecule has 0 bridgehead atoms. The average molecular weight is 351 g/mol. The van der Waals surface area contributed by atoms with Gasteiger partial charge in [-0.3, -0.25) is 0 Å². The highest BCUT2D eigenvalue weighted by molar-refractivity contribution is 7.80. The molecule has 0 spiro atoms. The molecule has 2 N–H and O–H groups in total. The third-order valence-corrected chi connectivity index (χ3v) is 4.76. The second kappa shape index (κ2) is 6.86.